The Kier molecular flexibility index (Phi) is 5.26. The maximum atomic E-state index is 11.8. The van der Waals surface area contributed by atoms with Crippen molar-refractivity contribution >= 4 is 11.7 Å². The first-order valence-electron chi connectivity index (χ1n) is 8.42. The van der Waals surface area contributed by atoms with Crippen LogP contribution in [0, 0.1) is 0 Å². The average Bonchev–Trinajstić information content (AvgIpc) is 2.66. The topological polar surface area (TPSA) is 124 Å². The number of carboxylic acid groups (broad SMARTS) is 1. The lowest BCUT2D eigenvalue weighted by atomic mass is 10.1. The van der Waals surface area contributed by atoms with E-state index < -0.39 is 11.7 Å². The molecule has 0 spiro atoms. The molecule has 7 nitrogen and oxygen atoms in total. The molecule has 0 amide bonds. The Labute approximate surface area is 161 Å². The second-order valence-electron chi connectivity index (χ2n) is 6.28. The van der Waals surface area contributed by atoms with Gasteiger partial charge < -0.3 is 30.4 Å². The van der Waals surface area contributed by atoms with Crippen molar-refractivity contribution in [2.75, 3.05) is 4.90 Å². The van der Waals surface area contributed by atoms with Crippen molar-refractivity contribution in [1.82, 2.24) is 0 Å². The van der Waals surface area contributed by atoms with Crippen LogP contribution in [-0.4, -0.2) is 26.4 Å². The standard InChI is InChI=1S/C21H19NO6/c23-16-6-8-19(25)14(9-16)12-22(11-13-3-1-2-4-18(13)24)15-5-7-20(26)17(10-15)21(27)28/h1-10,23-26H,11-12H2,(H,27,28)/p-1. The van der Waals surface area contributed by atoms with Gasteiger partial charge in [0.1, 0.15) is 17.2 Å². The molecule has 7 heteroatoms. The van der Waals surface area contributed by atoms with Gasteiger partial charge in [-0.25, -0.2) is 4.79 Å². The molecule has 0 saturated heterocycles. The molecule has 3 rings (SSSR count). The van der Waals surface area contributed by atoms with Crippen LogP contribution < -0.4 is 10.0 Å². The minimum atomic E-state index is -1.34. The Hall–Kier alpha value is -3.87. The molecular formula is C21H18NO6-. The lowest BCUT2D eigenvalue weighted by Gasteiger charge is -2.27. The SMILES string of the molecule is O=C(O)c1cc(N(Cc2ccccc2O)Cc2cc(O)ccc2O)ccc1[O-]. The highest BCUT2D eigenvalue weighted by molar-refractivity contribution is 5.91. The molecule has 0 aromatic heterocycles. The third kappa shape index (κ3) is 4.09. The van der Waals surface area contributed by atoms with E-state index in [9.17, 15) is 30.3 Å². The van der Waals surface area contributed by atoms with Crippen LogP contribution in [-0.2, 0) is 13.1 Å². The Morgan fingerprint density at radius 3 is 2.25 bits per heavy atom. The average molecular weight is 380 g/mol. The number of phenolic OH excluding ortho intramolecular Hbond substituents is 3. The second-order valence-corrected chi connectivity index (χ2v) is 6.28. The molecular weight excluding hydrogens is 362 g/mol. The maximum Gasteiger partial charge on any atom is 0.335 e. The van der Waals surface area contributed by atoms with Crippen LogP contribution in [0.3, 0.4) is 0 Å². The van der Waals surface area contributed by atoms with Crippen molar-refractivity contribution in [3.8, 4) is 23.0 Å². The third-order valence-electron chi connectivity index (χ3n) is 4.34. The van der Waals surface area contributed by atoms with E-state index >= 15 is 0 Å². The minimum absolute atomic E-state index is 0.0311. The number of para-hydroxylation sites is 1. The summed E-state index contributed by atoms with van der Waals surface area (Å²) in [4.78, 5) is 13.0. The Bertz CT molecular complexity index is 1020. The first-order chi connectivity index (χ1) is 13.3. The van der Waals surface area contributed by atoms with Gasteiger partial charge >= 0.3 is 5.97 Å². The summed E-state index contributed by atoms with van der Waals surface area (Å²) in [5.74, 6) is -1.96. The van der Waals surface area contributed by atoms with Gasteiger partial charge in [0.25, 0.3) is 0 Å². The van der Waals surface area contributed by atoms with Crippen molar-refractivity contribution in [3.05, 3.63) is 77.4 Å². The molecule has 0 fully saturated rings. The first-order valence-corrected chi connectivity index (χ1v) is 8.42. The third-order valence-corrected chi connectivity index (χ3v) is 4.34. The zero-order chi connectivity index (χ0) is 20.3. The normalized spacial score (nSPS) is 10.6. The van der Waals surface area contributed by atoms with Crippen LogP contribution in [0.15, 0.2) is 60.7 Å². The number of rotatable bonds is 6. The van der Waals surface area contributed by atoms with Gasteiger partial charge in [-0.1, -0.05) is 30.0 Å². The second kappa shape index (κ2) is 7.79. The number of anilines is 1. The van der Waals surface area contributed by atoms with Gasteiger partial charge in [-0.15, -0.1) is 0 Å². The van der Waals surface area contributed by atoms with Gasteiger partial charge in [-0.3, -0.25) is 0 Å². The molecule has 28 heavy (non-hydrogen) atoms. The quantitative estimate of drug-likeness (QED) is 0.485. The van der Waals surface area contributed by atoms with Gasteiger partial charge in [-0.2, -0.15) is 0 Å². The molecule has 144 valence electrons. The molecule has 0 aliphatic rings. The van der Waals surface area contributed by atoms with Gasteiger partial charge in [0.05, 0.1) is 5.56 Å². The van der Waals surface area contributed by atoms with E-state index in [2.05, 4.69) is 0 Å². The van der Waals surface area contributed by atoms with E-state index in [0.717, 1.165) is 0 Å². The van der Waals surface area contributed by atoms with Crippen molar-refractivity contribution in [2.45, 2.75) is 13.1 Å². The predicted octanol–water partition coefficient (Wildman–Crippen LogP) is 2.78. The predicted molar refractivity (Wildman–Crippen MR) is 101 cm³/mol. The zero-order valence-corrected chi connectivity index (χ0v) is 14.7. The molecule has 4 N–H and O–H groups in total. The van der Waals surface area contributed by atoms with Crippen LogP contribution in [0.5, 0.6) is 23.0 Å². The van der Waals surface area contributed by atoms with Crippen LogP contribution >= 0.6 is 0 Å². The van der Waals surface area contributed by atoms with Crippen molar-refractivity contribution in [1.29, 1.82) is 0 Å². The Balaban J connectivity index is 2.04. The number of hydrogen-bond acceptors (Lipinski definition) is 6. The molecule has 0 aliphatic carbocycles. The summed E-state index contributed by atoms with van der Waals surface area (Å²) in [5, 5.41) is 51.0. The van der Waals surface area contributed by atoms with Crippen molar-refractivity contribution in [3.63, 3.8) is 0 Å². The lowest BCUT2D eigenvalue weighted by molar-refractivity contribution is -0.268. The minimum Gasteiger partial charge on any atom is -0.872 e. The fraction of sp³-hybridized carbons (Fsp3) is 0.0952. The van der Waals surface area contributed by atoms with E-state index in [1.165, 1.54) is 42.5 Å². The highest BCUT2D eigenvalue weighted by atomic mass is 16.4. The number of hydrogen-bond donors (Lipinski definition) is 4. The van der Waals surface area contributed by atoms with Gasteiger partial charge in [0.15, 0.2) is 0 Å². The lowest BCUT2D eigenvalue weighted by Crippen LogP contribution is -2.23. The fourth-order valence-electron chi connectivity index (χ4n) is 2.87. The molecule has 3 aromatic carbocycles. The number of carboxylic acids is 1. The zero-order valence-electron chi connectivity index (χ0n) is 14.7. The Morgan fingerprint density at radius 2 is 1.54 bits per heavy atom. The first kappa shape index (κ1) is 18.9. The number of aromatic hydroxyl groups is 3. The summed E-state index contributed by atoms with van der Waals surface area (Å²) < 4.78 is 0. The molecule has 0 bridgehead atoms. The van der Waals surface area contributed by atoms with E-state index in [4.69, 9.17) is 0 Å². The van der Waals surface area contributed by atoms with Gasteiger partial charge in [0, 0.05) is 29.9 Å². The Morgan fingerprint density at radius 1 is 0.857 bits per heavy atom. The summed E-state index contributed by atoms with van der Waals surface area (Å²) in [5.41, 5.74) is 1.02. The van der Waals surface area contributed by atoms with Crippen molar-refractivity contribution < 1.29 is 30.3 Å². The maximum absolute atomic E-state index is 11.8. The van der Waals surface area contributed by atoms with Gasteiger partial charge in [-0.05, 0) is 36.4 Å². The van der Waals surface area contributed by atoms with E-state index in [0.29, 0.717) is 16.8 Å². The summed E-state index contributed by atoms with van der Waals surface area (Å²) in [6, 6.07) is 14.7. The number of aromatic carboxylic acids is 1. The summed E-state index contributed by atoms with van der Waals surface area (Å²) in [6.07, 6.45) is 0. The molecule has 0 aliphatic heterocycles. The van der Waals surface area contributed by atoms with Crippen LogP contribution in [0.25, 0.3) is 0 Å². The molecule has 0 radical (unpaired) electrons. The van der Waals surface area contributed by atoms with E-state index in [-0.39, 0.29) is 35.9 Å². The van der Waals surface area contributed by atoms with E-state index in [1.807, 2.05) is 0 Å². The molecule has 0 unspecified atom stereocenters. The molecule has 0 heterocycles. The highest BCUT2D eigenvalue weighted by Gasteiger charge is 2.15. The number of nitrogens with zero attached hydrogens (tertiary/aromatic N) is 1. The van der Waals surface area contributed by atoms with E-state index in [1.54, 1.807) is 23.1 Å². The number of benzene rings is 3. The molecule has 0 atom stereocenters. The van der Waals surface area contributed by atoms with Crippen LogP contribution in [0.4, 0.5) is 5.69 Å². The van der Waals surface area contributed by atoms with Gasteiger partial charge in [0.2, 0.25) is 0 Å². The van der Waals surface area contributed by atoms with Crippen LogP contribution in [0.2, 0.25) is 0 Å². The summed E-state index contributed by atoms with van der Waals surface area (Å²) >= 11 is 0. The molecule has 0 saturated carbocycles. The monoisotopic (exact) mass is 380 g/mol. The van der Waals surface area contributed by atoms with Crippen LogP contribution in [0.1, 0.15) is 21.5 Å². The van der Waals surface area contributed by atoms with Crippen molar-refractivity contribution in [2.24, 2.45) is 0 Å². The largest absolute Gasteiger partial charge is 0.872 e. The number of phenols is 3. The summed E-state index contributed by atoms with van der Waals surface area (Å²) in [7, 11) is 0. The summed E-state index contributed by atoms with van der Waals surface area (Å²) in [6.45, 7) is 0.283. The highest BCUT2D eigenvalue weighted by Crippen LogP contribution is 2.30. The number of carbonyl (C=O) groups is 1. The fourth-order valence-corrected chi connectivity index (χ4v) is 2.87. The smallest absolute Gasteiger partial charge is 0.335 e. The molecule has 3 aromatic rings.